The van der Waals surface area contributed by atoms with Crippen LogP contribution in [0.1, 0.15) is 12.5 Å². The molecule has 1 atom stereocenters. The third-order valence-electron chi connectivity index (χ3n) is 2.49. The standard InChI is InChI=1S/C10H12BClFNO4/c1-10(14,9(15)16)4-5-2-7(12)6(11(17)18)3-8(5)13/h2-3,17-18H,4,14H2,1H3,(H,15,16)/t10-/m0/s1. The van der Waals surface area contributed by atoms with Crippen LogP contribution in [0.3, 0.4) is 0 Å². The molecule has 8 heteroatoms. The summed E-state index contributed by atoms with van der Waals surface area (Å²) in [4.78, 5) is 10.8. The van der Waals surface area contributed by atoms with E-state index in [0.717, 1.165) is 12.1 Å². The second-order valence-electron chi connectivity index (χ2n) is 4.24. The molecule has 1 aromatic carbocycles. The van der Waals surface area contributed by atoms with Gasteiger partial charge in [-0.1, -0.05) is 11.6 Å². The van der Waals surface area contributed by atoms with E-state index in [0.29, 0.717) is 0 Å². The molecule has 0 spiro atoms. The molecule has 1 rings (SSSR count). The topological polar surface area (TPSA) is 104 Å². The Kier molecular flexibility index (Phi) is 4.34. The minimum atomic E-state index is -1.90. The molecule has 0 aromatic heterocycles. The summed E-state index contributed by atoms with van der Waals surface area (Å²) in [5.74, 6) is -2.07. The zero-order chi connectivity index (χ0) is 14.1. The molecule has 5 N–H and O–H groups in total. The van der Waals surface area contributed by atoms with Crippen LogP contribution >= 0.6 is 11.6 Å². The summed E-state index contributed by atoms with van der Waals surface area (Å²) in [5, 5.41) is 26.6. The lowest BCUT2D eigenvalue weighted by atomic mass is 9.79. The molecule has 0 heterocycles. The molecule has 0 bridgehead atoms. The van der Waals surface area contributed by atoms with Gasteiger partial charge in [-0.15, -0.1) is 0 Å². The first-order valence-corrected chi connectivity index (χ1v) is 5.39. The van der Waals surface area contributed by atoms with Gasteiger partial charge in [0.25, 0.3) is 0 Å². The third kappa shape index (κ3) is 3.20. The van der Waals surface area contributed by atoms with E-state index in [2.05, 4.69) is 0 Å². The number of carboxylic acids is 1. The van der Waals surface area contributed by atoms with Crippen LogP contribution in [0.5, 0.6) is 0 Å². The molecule has 18 heavy (non-hydrogen) atoms. The molecule has 0 saturated heterocycles. The monoisotopic (exact) mass is 275 g/mol. The van der Waals surface area contributed by atoms with Crippen LogP contribution in [0.4, 0.5) is 4.39 Å². The molecule has 0 unspecified atom stereocenters. The predicted octanol–water partition coefficient (Wildman–Crippen LogP) is -0.497. The number of hydrogen-bond donors (Lipinski definition) is 4. The van der Waals surface area contributed by atoms with Gasteiger partial charge in [-0.05, 0) is 24.6 Å². The zero-order valence-electron chi connectivity index (χ0n) is 9.52. The maximum atomic E-state index is 13.7. The van der Waals surface area contributed by atoms with E-state index in [-0.39, 0.29) is 22.5 Å². The van der Waals surface area contributed by atoms with Gasteiger partial charge in [0.05, 0.1) is 0 Å². The maximum Gasteiger partial charge on any atom is 0.490 e. The fraction of sp³-hybridized carbons (Fsp3) is 0.300. The predicted molar refractivity (Wildman–Crippen MR) is 65.2 cm³/mol. The highest BCUT2D eigenvalue weighted by Crippen LogP contribution is 2.18. The number of hydrogen-bond acceptors (Lipinski definition) is 4. The summed E-state index contributed by atoms with van der Waals surface area (Å²) in [5.41, 5.74) is 3.67. The van der Waals surface area contributed by atoms with Gasteiger partial charge in [-0.25, -0.2) is 4.39 Å². The number of rotatable bonds is 4. The quantitative estimate of drug-likeness (QED) is 0.555. The molecular weight excluding hydrogens is 263 g/mol. The van der Waals surface area contributed by atoms with Crippen LogP contribution in [-0.4, -0.2) is 33.8 Å². The SMILES string of the molecule is C[C@](N)(Cc1cc(Cl)c(B(O)O)cc1F)C(=O)O. The smallest absolute Gasteiger partial charge is 0.480 e. The second kappa shape index (κ2) is 5.23. The van der Waals surface area contributed by atoms with Gasteiger partial charge < -0.3 is 20.9 Å². The summed E-state index contributed by atoms with van der Waals surface area (Å²) < 4.78 is 13.7. The van der Waals surface area contributed by atoms with E-state index in [1.807, 2.05) is 0 Å². The Morgan fingerprint density at radius 2 is 2.11 bits per heavy atom. The Balaban J connectivity index is 3.13. The Morgan fingerprint density at radius 3 is 2.56 bits per heavy atom. The Hall–Kier alpha value is -1.15. The van der Waals surface area contributed by atoms with Crippen LogP contribution < -0.4 is 11.2 Å². The second-order valence-corrected chi connectivity index (χ2v) is 4.65. The Bertz CT molecular complexity index is 481. The average molecular weight is 275 g/mol. The van der Waals surface area contributed by atoms with Crippen molar-refractivity contribution in [2.24, 2.45) is 5.73 Å². The van der Waals surface area contributed by atoms with Gasteiger partial charge >= 0.3 is 13.1 Å². The molecule has 1 aromatic rings. The van der Waals surface area contributed by atoms with Crippen molar-refractivity contribution in [2.75, 3.05) is 0 Å². The Labute approximate surface area is 108 Å². The van der Waals surface area contributed by atoms with E-state index in [1.165, 1.54) is 6.92 Å². The van der Waals surface area contributed by atoms with Crippen LogP contribution in [0, 0.1) is 5.82 Å². The van der Waals surface area contributed by atoms with E-state index in [1.54, 1.807) is 0 Å². The molecule has 98 valence electrons. The number of halogens is 2. The van der Waals surface area contributed by atoms with Crippen LogP contribution in [0.25, 0.3) is 0 Å². The lowest BCUT2D eigenvalue weighted by Gasteiger charge is -2.20. The first-order valence-electron chi connectivity index (χ1n) is 5.01. The van der Waals surface area contributed by atoms with Gasteiger partial charge in [-0.2, -0.15) is 0 Å². The molecule has 0 aliphatic heterocycles. The van der Waals surface area contributed by atoms with Crippen molar-refractivity contribution in [2.45, 2.75) is 18.9 Å². The van der Waals surface area contributed by atoms with Gasteiger partial charge in [0, 0.05) is 16.9 Å². The van der Waals surface area contributed by atoms with Crippen LogP contribution in [0.15, 0.2) is 12.1 Å². The molecule has 5 nitrogen and oxygen atoms in total. The lowest BCUT2D eigenvalue weighted by Crippen LogP contribution is -2.47. The summed E-state index contributed by atoms with van der Waals surface area (Å²) in [6.07, 6.45) is -0.268. The average Bonchev–Trinajstić information content (AvgIpc) is 2.21. The Morgan fingerprint density at radius 1 is 1.56 bits per heavy atom. The van der Waals surface area contributed by atoms with Crippen molar-refractivity contribution in [1.29, 1.82) is 0 Å². The lowest BCUT2D eigenvalue weighted by molar-refractivity contribution is -0.142. The first kappa shape index (κ1) is 14.9. The van der Waals surface area contributed by atoms with Crippen molar-refractivity contribution in [3.8, 4) is 0 Å². The van der Waals surface area contributed by atoms with Crippen molar-refractivity contribution >= 4 is 30.2 Å². The number of nitrogens with two attached hydrogens (primary N) is 1. The van der Waals surface area contributed by atoms with E-state index in [4.69, 9.17) is 32.5 Å². The van der Waals surface area contributed by atoms with Crippen molar-refractivity contribution in [3.63, 3.8) is 0 Å². The highest BCUT2D eigenvalue weighted by molar-refractivity contribution is 6.62. The first-order chi connectivity index (χ1) is 8.15. The largest absolute Gasteiger partial charge is 0.490 e. The molecule has 0 fully saturated rings. The van der Waals surface area contributed by atoms with E-state index < -0.39 is 24.4 Å². The summed E-state index contributed by atoms with van der Waals surface area (Å²) in [7, 11) is -1.90. The number of carbonyl (C=O) groups is 1. The molecular formula is C10H12BClFNO4. The van der Waals surface area contributed by atoms with Gasteiger partial charge in [0.15, 0.2) is 0 Å². The normalized spacial score (nSPS) is 14.1. The summed E-state index contributed by atoms with van der Waals surface area (Å²) >= 11 is 5.73. The van der Waals surface area contributed by atoms with Crippen LogP contribution in [-0.2, 0) is 11.2 Å². The van der Waals surface area contributed by atoms with E-state index in [9.17, 15) is 9.18 Å². The highest BCUT2D eigenvalue weighted by atomic mass is 35.5. The number of benzene rings is 1. The molecule has 0 aliphatic carbocycles. The van der Waals surface area contributed by atoms with Crippen molar-refractivity contribution in [1.82, 2.24) is 0 Å². The number of carboxylic acid groups (broad SMARTS) is 1. The van der Waals surface area contributed by atoms with Crippen LogP contribution in [0.2, 0.25) is 5.02 Å². The van der Waals surface area contributed by atoms with Gasteiger partial charge in [0.1, 0.15) is 11.4 Å². The van der Waals surface area contributed by atoms with Gasteiger partial charge in [0.2, 0.25) is 0 Å². The van der Waals surface area contributed by atoms with Crippen molar-refractivity contribution in [3.05, 3.63) is 28.5 Å². The maximum absolute atomic E-state index is 13.7. The third-order valence-corrected chi connectivity index (χ3v) is 2.82. The minimum Gasteiger partial charge on any atom is -0.480 e. The summed E-state index contributed by atoms with van der Waals surface area (Å²) in [6, 6.07) is 1.99. The molecule has 0 amide bonds. The molecule has 0 aliphatic rings. The molecule has 0 saturated carbocycles. The fourth-order valence-corrected chi connectivity index (χ4v) is 1.69. The van der Waals surface area contributed by atoms with E-state index >= 15 is 0 Å². The number of aliphatic carboxylic acids is 1. The van der Waals surface area contributed by atoms with Crippen molar-refractivity contribution < 1.29 is 24.3 Å². The van der Waals surface area contributed by atoms with Gasteiger partial charge in [-0.3, -0.25) is 4.79 Å². The fourth-order valence-electron chi connectivity index (χ4n) is 1.41. The zero-order valence-corrected chi connectivity index (χ0v) is 10.3. The molecule has 0 radical (unpaired) electrons. The minimum absolute atomic E-state index is 0.00296. The summed E-state index contributed by atoms with van der Waals surface area (Å²) in [6.45, 7) is 1.25. The highest BCUT2D eigenvalue weighted by Gasteiger charge is 2.30.